The predicted octanol–water partition coefficient (Wildman–Crippen LogP) is 5.01. The zero-order chi connectivity index (χ0) is 15.7. The minimum atomic E-state index is -0.667. The smallest absolute Gasteiger partial charge is 0.126 e. The Morgan fingerprint density at radius 1 is 1.29 bits per heavy atom. The lowest BCUT2D eigenvalue weighted by atomic mass is 10.2. The number of nitrogens with zero attached hydrogens (tertiary/aromatic N) is 1. The van der Waals surface area contributed by atoms with Crippen molar-refractivity contribution in [1.82, 2.24) is 0 Å². The zero-order valence-corrected chi connectivity index (χ0v) is 12.3. The fourth-order valence-electron chi connectivity index (χ4n) is 1.51. The summed E-state index contributed by atoms with van der Waals surface area (Å²) in [7, 11) is 0. The van der Waals surface area contributed by atoms with Gasteiger partial charge in [0.2, 0.25) is 0 Å². The second kappa shape index (κ2) is 9.09. The molecule has 0 fully saturated rings. The summed E-state index contributed by atoms with van der Waals surface area (Å²) in [6.45, 7) is 1.94. The highest BCUT2D eigenvalue weighted by molar-refractivity contribution is 7.98. The number of rotatable bonds is 6. The standard InChI is InChI=1S/C16H14F3NS/c1-3-5-16(21-19)7-6-15(4-2)20-11-12-8-13(17)10-14(18)9-12/h2,5-10H,3,11H2,1H3/b7-6-,16-5-,20-15-. The average molecular weight is 309 g/mol. The van der Waals surface area contributed by atoms with Crippen molar-refractivity contribution in [3.05, 3.63) is 58.5 Å². The van der Waals surface area contributed by atoms with Crippen LogP contribution in [0.25, 0.3) is 0 Å². The number of allylic oxidation sites excluding steroid dienone is 3. The summed E-state index contributed by atoms with van der Waals surface area (Å²) in [6.07, 6.45) is 10.7. The molecule has 0 unspecified atom stereocenters. The maximum Gasteiger partial charge on any atom is 0.126 e. The maximum atomic E-state index is 13.0. The van der Waals surface area contributed by atoms with E-state index in [0.717, 1.165) is 6.07 Å². The van der Waals surface area contributed by atoms with Crippen LogP contribution in [0.3, 0.4) is 0 Å². The molecule has 0 heterocycles. The fraction of sp³-hybridized carbons (Fsp3) is 0.188. The first kappa shape index (κ1) is 17.1. The highest BCUT2D eigenvalue weighted by Gasteiger charge is 2.00. The van der Waals surface area contributed by atoms with Gasteiger partial charge < -0.3 is 0 Å². The normalized spacial score (nSPS) is 12.7. The molecule has 0 N–H and O–H groups in total. The Bertz CT molecular complexity index is 592. The second-order valence-electron chi connectivity index (χ2n) is 4.05. The van der Waals surface area contributed by atoms with Crippen LogP contribution in [0, 0.1) is 24.0 Å². The van der Waals surface area contributed by atoms with Crippen molar-refractivity contribution in [3.63, 3.8) is 0 Å². The summed E-state index contributed by atoms with van der Waals surface area (Å²) in [5, 5.41) is 0. The molecule has 110 valence electrons. The molecule has 0 saturated carbocycles. The monoisotopic (exact) mass is 309 g/mol. The molecule has 0 aliphatic carbocycles. The highest BCUT2D eigenvalue weighted by Crippen LogP contribution is 2.18. The van der Waals surface area contributed by atoms with E-state index in [1.54, 1.807) is 6.08 Å². The average Bonchev–Trinajstić information content (AvgIpc) is 2.45. The van der Waals surface area contributed by atoms with Crippen LogP contribution in [0.4, 0.5) is 12.7 Å². The molecule has 0 atom stereocenters. The van der Waals surface area contributed by atoms with Crippen LogP contribution >= 0.6 is 12.1 Å². The molecule has 1 nitrogen and oxygen atoms in total. The third kappa shape index (κ3) is 6.37. The second-order valence-corrected chi connectivity index (χ2v) is 4.67. The van der Waals surface area contributed by atoms with Gasteiger partial charge in [-0.2, -0.15) is 3.89 Å². The van der Waals surface area contributed by atoms with E-state index < -0.39 is 11.6 Å². The van der Waals surface area contributed by atoms with Crippen molar-refractivity contribution in [2.75, 3.05) is 0 Å². The molecule has 21 heavy (non-hydrogen) atoms. The molecular formula is C16H14F3NS. The van der Waals surface area contributed by atoms with Gasteiger partial charge in [0.1, 0.15) is 17.3 Å². The Labute approximate surface area is 127 Å². The third-order valence-corrected chi connectivity index (χ3v) is 2.88. The number of aliphatic imine (C=N–C) groups is 1. The van der Waals surface area contributed by atoms with Gasteiger partial charge in [0.15, 0.2) is 0 Å². The van der Waals surface area contributed by atoms with Gasteiger partial charge in [-0.3, -0.25) is 4.99 Å². The first-order valence-corrected chi connectivity index (χ1v) is 6.93. The quantitative estimate of drug-likeness (QED) is 0.409. The van der Waals surface area contributed by atoms with Gasteiger partial charge in [0, 0.05) is 11.0 Å². The molecule has 1 aromatic carbocycles. The summed E-state index contributed by atoms with van der Waals surface area (Å²) < 4.78 is 38.6. The molecule has 1 aromatic rings. The molecule has 0 bridgehead atoms. The van der Waals surface area contributed by atoms with Gasteiger partial charge in [-0.15, -0.1) is 6.42 Å². The van der Waals surface area contributed by atoms with Crippen molar-refractivity contribution in [2.45, 2.75) is 19.9 Å². The van der Waals surface area contributed by atoms with Crippen LogP contribution < -0.4 is 0 Å². The van der Waals surface area contributed by atoms with E-state index in [1.165, 1.54) is 24.3 Å². The van der Waals surface area contributed by atoms with E-state index in [9.17, 15) is 12.7 Å². The molecular weight excluding hydrogens is 295 g/mol. The Hall–Kier alpha value is -1.93. The summed E-state index contributed by atoms with van der Waals surface area (Å²) in [4.78, 5) is 4.49. The van der Waals surface area contributed by atoms with Crippen LogP contribution in [0.2, 0.25) is 0 Å². The topological polar surface area (TPSA) is 12.4 Å². The van der Waals surface area contributed by atoms with E-state index in [1.807, 2.05) is 6.92 Å². The van der Waals surface area contributed by atoms with Gasteiger partial charge in [0.25, 0.3) is 0 Å². The van der Waals surface area contributed by atoms with Crippen LogP contribution in [0.1, 0.15) is 18.9 Å². The number of hydrogen-bond donors (Lipinski definition) is 0. The predicted molar refractivity (Wildman–Crippen MR) is 82.5 cm³/mol. The van der Waals surface area contributed by atoms with Crippen molar-refractivity contribution < 1.29 is 12.7 Å². The minimum absolute atomic E-state index is 0.0497. The molecule has 0 amide bonds. The van der Waals surface area contributed by atoms with Crippen molar-refractivity contribution in [1.29, 1.82) is 0 Å². The lowest BCUT2D eigenvalue weighted by Crippen LogP contribution is -1.93. The molecule has 0 radical (unpaired) electrons. The number of terminal acetylenes is 1. The van der Waals surface area contributed by atoms with E-state index in [0.29, 0.717) is 16.9 Å². The maximum absolute atomic E-state index is 13.0. The number of halogens is 3. The van der Waals surface area contributed by atoms with Gasteiger partial charge in [-0.05, 0) is 36.3 Å². The van der Waals surface area contributed by atoms with E-state index in [2.05, 4.69) is 10.9 Å². The lowest BCUT2D eigenvalue weighted by Gasteiger charge is -1.99. The van der Waals surface area contributed by atoms with Crippen LogP contribution in [-0.2, 0) is 6.54 Å². The Kier molecular flexibility index (Phi) is 7.41. The molecule has 0 spiro atoms. The number of benzene rings is 1. The molecule has 1 rings (SSSR count). The molecule has 0 aromatic heterocycles. The minimum Gasteiger partial charge on any atom is -0.272 e. The summed E-state index contributed by atoms with van der Waals surface area (Å²) in [5.41, 5.74) is 0.647. The van der Waals surface area contributed by atoms with Crippen molar-refractivity contribution in [3.8, 4) is 12.3 Å². The Morgan fingerprint density at radius 3 is 2.48 bits per heavy atom. The van der Waals surface area contributed by atoms with E-state index in [-0.39, 0.29) is 24.4 Å². The van der Waals surface area contributed by atoms with Crippen LogP contribution in [0.5, 0.6) is 0 Å². The first-order chi connectivity index (χ1) is 10.1. The van der Waals surface area contributed by atoms with E-state index in [4.69, 9.17) is 6.42 Å². The molecule has 0 aliphatic heterocycles. The summed E-state index contributed by atoms with van der Waals surface area (Å²) in [5.74, 6) is 1.01. The third-order valence-electron chi connectivity index (χ3n) is 2.40. The van der Waals surface area contributed by atoms with Gasteiger partial charge in [-0.25, -0.2) is 8.78 Å². The SMILES string of the molecule is C#CC(/C=C\C(=C\CC)SF)=N/Cc1cc(F)cc(F)c1. The lowest BCUT2D eigenvalue weighted by molar-refractivity contribution is 0.580. The molecule has 5 heteroatoms. The highest BCUT2D eigenvalue weighted by atomic mass is 32.2. The largest absolute Gasteiger partial charge is 0.272 e. The van der Waals surface area contributed by atoms with E-state index >= 15 is 0 Å². The fourth-order valence-corrected chi connectivity index (χ4v) is 1.86. The van der Waals surface area contributed by atoms with Crippen LogP contribution in [0.15, 0.2) is 46.3 Å². The zero-order valence-electron chi connectivity index (χ0n) is 11.4. The summed E-state index contributed by atoms with van der Waals surface area (Å²) in [6, 6.07) is 3.16. The Morgan fingerprint density at radius 2 is 1.95 bits per heavy atom. The Balaban J connectivity index is 2.83. The van der Waals surface area contributed by atoms with Gasteiger partial charge in [0.05, 0.1) is 18.7 Å². The van der Waals surface area contributed by atoms with Crippen molar-refractivity contribution >= 4 is 17.9 Å². The van der Waals surface area contributed by atoms with Gasteiger partial charge >= 0.3 is 0 Å². The first-order valence-electron chi connectivity index (χ1n) is 6.22. The molecule has 0 aliphatic rings. The molecule has 0 saturated heterocycles. The van der Waals surface area contributed by atoms with Gasteiger partial charge in [-0.1, -0.05) is 18.9 Å². The van der Waals surface area contributed by atoms with Crippen LogP contribution in [-0.4, -0.2) is 5.71 Å². The number of hydrogen-bond acceptors (Lipinski definition) is 2. The van der Waals surface area contributed by atoms with Crippen molar-refractivity contribution in [2.24, 2.45) is 4.99 Å². The summed E-state index contributed by atoms with van der Waals surface area (Å²) >= 11 is 0.117.